The molecule has 0 aliphatic rings. The number of carbonyl (C=O) groups excluding carboxylic acids is 1. The summed E-state index contributed by atoms with van der Waals surface area (Å²) in [6, 6.07) is 40.8. The van der Waals surface area contributed by atoms with Gasteiger partial charge in [-0.2, -0.15) is 0 Å². The van der Waals surface area contributed by atoms with Crippen LogP contribution in [0.5, 0.6) is 0 Å². The van der Waals surface area contributed by atoms with Gasteiger partial charge in [-0.3, -0.25) is 0 Å². The molecule has 0 aliphatic carbocycles. The quantitative estimate of drug-likeness (QED) is 0.461. The molecule has 4 rings (SSSR count). The van der Waals surface area contributed by atoms with Crippen LogP contribution in [0.4, 0.5) is 0 Å². The molecule has 0 saturated carbocycles. The summed E-state index contributed by atoms with van der Waals surface area (Å²) in [6.07, 6.45) is 0. The molecule has 0 heterocycles. The molecule has 0 saturated heterocycles. The summed E-state index contributed by atoms with van der Waals surface area (Å²) in [5, 5.41) is 0. The molecule has 4 aromatic rings. The van der Waals surface area contributed by atoms with E-state index in [-0.39, 0.29) is 4.62 Å². The number of hydrogen-bond acceptors (Lipinski definition) is 1. The Kier molecular flexibility index (Phi) is 5.04. The van der Waals surface area contributed by atoms with Gasteiger partial charge >= 0.3 is 163 Å². The van der Waals surface area contributed by atoms with Crippen molar-refractivity contribution in [1.29, 1.82) is 0 Å². The van der Waals surface area contributed by atoms with Gasteiger partial charge in [-0.1, -0.05) is 0 Å². The molecule has 0 aromatic heterocycles. The normalized spacial score (nSPS) is 11.1. The van der Waals surface area contributed by atoms with E-state index in [1.807, 2.05) is 84.9 Å². The molecule has 0 aliphatic heterocycles. The van der Waals surface area contributed by atoms with Crippen LogP contribution in [0.2, 0.25) is 0 Å². The monoisotopic (exact) mass is 410 g/mol. The van der Waals surface area contributed by atoms with E-state index in [9.17, 15) is 4.79 Å². The van der Waals surface area contributed by atoms with E-state index in [1.165, 1.54) is 0 Å². The molecular weight excluding hydrogens is 389 g/mol. The van der Waals surface area contributed by atoms with Gasteiger partial charge in [0, 0.05) is 0 Å². The molecule has 0 amide bonds. The van der Waals surface area contributed by atoms with Crippen molar-refractivity contribution in [2.24, 2.45) is 0 Å². The Morgan fingerprint density at radius 3 is 1.07 bits per heavy atom. The van der Waals surface area contributed by atoms with Crippen LogP contribution in [0, 0.1) is 0 Å². The van der Waals surface area contributed by atoms with Gasteiger partial charge in [0.15, 0.2) is 0 Å². The zero-order valence-corrected chi connectivity index (χ0v) is 17.1. The van der Waals surface area contributed by atoms with Crippen LogP contribution in [-0.4, -0.2) is 17.9 Å². The van der Waals surface area contributed by atoms with Crippen LogP contribution in [0.15, 0.2) is 121 Å². The second kappa shape index (κ2) is 7.77. The van der Waals surface area contributed by atoms with Crippen molar-refractivity contribution in [3.8, 4) is 0 Å². The van der Waals surface area contributed by atoms with Crippen LogP contribution >= 0.6 is 0 Å². The van der Waals surface area contributed by atoms with Crippen LogP contribution in [-0.2, 0) is 0 Å². The fourth-order valence-corrected chi connectivity index (χ4v) is 13.1. The summed E-state index contributed by atoms with van der Waals surface area (Å²) in [4.78, 5) is 14.2. The first-order valence-electron chi connectivity index (χ1n) is 9.10. The van der Waals surface area contributed by atoms with Crippen molar-refractivity contribution in [1.82, 2.24) is 0 Å². The molecule has 0 atom stereocenters. The van der Waals surface area contributed by atoms with E-state index < -0.39 is 13.3 Å². The van der Waals surface area contributed by atoms with Gasteiger partial charge in [0.2, 0.25) is 0 Å². The zero-order valence-electron chi connectivity index (χ0n) is 15.0. The van der Waals surface area contributed by atoms with Gasteiger partial charge in [-0.25, -0.2) is 0 Å². The number of rotatable bonds is 5. The van der Waals surface area contributed by atoms with Crippen molar-refractivity contribution < 1.29 is 4.79 Å². The summed E-state index contributed by atoms with van der Waals surface area (Å²) >= 11 is -3.61. The molecule has 1 nitrogen and oxygen atoms in total. The Labute approximate surface area is 162 Å². The minimum atomic E-state index is -3.61. The number of benzene rings is 4. The molecule has 0 radical (unpaired) electrons. The SMILES string of the molecule is O=[C](c1ccccc1)[Ge]([c]1ccccc1)([c]1ccccc1)[c]1ccccc1. The van der Waals surface area contributed by atoms with Crippen molar-refractivity contribution in [2.45, 2.75) is 0 Å². The summed E-state index contributed by atoms with van der Waals surface area (Å²) < 4.78 is 3.73. The van der Waals surface area contributed by atoms with E-state index in [0.29, 0.717) is 0 Å². The van der Waals surface area contributed by atoms with Crippen LogP contribution in [0.1, 0.15) is 10.4 Å². The number of hydrogen-bond donors (Lipinski definition) is 0. The predicted octanol–water partition coefficient (Wildman–Crippen LogP) is 3.58. The van der Waals surface area contributed by atoms with Crippen LogP contribution in [0.3, 0.4) is 0 Å². The maximum absolute atomic E-state index is 14.2. The molecule has 0 N–H and O–H groups in total. The Morgan fingerprint density at radius 2 is 0.741 bits per heavy atom. The van der Waals surface area contributed by atoms with Gasteiger partial charge in [0.1, 0.15) is 0 Å². The van der Waals surface area contributed by atoms with E-state index in [0.717, 1.165) is 18.8 Å². The van der Waals surface area contributed by atoms with E-state index >= 15 is 0 Å². The Hall–Kier alpha value is -2.91. The van der Waals surface area contributed by atoms with Gasteiger partial charge in [0.05, 0.1) is 0 Å². The number of carbonyl (C=O) groups is 1. The molecule has 27 heavy (non-hydrogen) atoms. The summed E-state index contributed by atoms with van der Waals surface area (Å²) in [7, 11) is 0. The molecule has 0 unspecified atom stereocenters. The van der Waals surface area contributed by atoms with Crippen molar-refractivity contribution in [3.63, 3.8) is 0 Å². The van der Waals surface area contributed by atoms with Gasteiger partial charge in [0.25, 0.3) is 0 Å². The Bertz CT molecular complexity index is 916. The van der Waals surface area contributed by atoms with Gasteiger partial charge in [-0.05, 0) is 0 Å². The van der Waals surface area contributed by atoms with Crippen molar-refractivity contribution in [3.05, 3.63) is 127 Å². The average molecular weight is 409 g/mol. The predicted molar refractivity (Wildman–Crippen MR) is 115 cm³/mol. The Balaban J connectivity index is 2.08. The average Bonchev–Trinajstić information content (AvgIpc) is 2.77. The van der Waals surface area contributed by atoms with Gasteiger partial charge in [-0.15, -0.1) is 0 Å². The first kappa shape index (κ1) is 17.5. The molecule has 0 fully saturated rings. The maximum atomic E-state index is 14.2. The zero-order chi connectivity index (χ0) is 18.5. The molecule has 130 valence electrons. The van der Waals surface area contributed by atoms with E-state index in [1.54, 1.807) is 0 Å². The summed E-state index contributed by atoms with van der Waals surface area (Å²) in [5.74, 6) is 0. The standard InChI is InChI=1S/C25H20GeO/c27-25(21-13-5-1-6-14-21)26(22-15-7-2-8-16-22,23-17-9-3-10-18-23)24-19-11-4-12-20-24/h1-20H. The second-order valence-corrected chi connectivity index (χ2v) is 14.3. The van der Waals surface area contributed by atoms with Crippen molar-refractivity contribution in [2.75, 3.05) is 0 Å². The first-order chi connectivity index (χ1) is 13.3. The molecule has 0 bridgehead atoms. The summed E-state index contributed by atoms with van der Waals surface area (Å²) in [5.41, 5.74) is 0.786. The third-order valence-electron chi connectivity index (χ3n) is 5.00. The first-order valence-corrected chi connectivity index (χ1v) is 13.3. The summed E-state index contributed by atoms with van der Waals surface area (Å²) in [6.45, 7) is 0. The fourth-order valence-electron chi connectivity index (χ4n) is 3.76. The van der Waals surface area contributed by atoms with Gasteiger partial charge < -0.3 is 0 Å². The van der Waals surface area contributed by atoms with Crippen LogP contribution in [0.25, 0.3) is 0 Å². The molecule has 2 heteroatoms. The van der Waals surface area contributed by atoms with E-state index in [2.05, 4.69) is 36.4 Å². The second-order valence-electron chi connectivity index (χ2n) is 6.54. The molecular formula is C25H20GeO. The third-order valence-corrected chi connectivity index (χ3v) is 14.6. The van der Waals surface area contributed by atoms with E-state index in [4.69, 9.17) is 0 Å². The third kappa shape index (κ3) is 3.15. The molecule has 0 spiro atoms. The minimum absolute atomic E-state index is 0.263. The molecule has 4 aromatic carbocycles. The topological polar surface area (TPSA) is 17.1 Å². The van der Waals surface area contributed by atoms with Crippen molar-refractivity contribution >= 4 is 31.1 Å². The Morgan fingerprint density at radius 1 is 0.444 bits per heavy atom. The fraction of sp³-hybridized carbons (Fsp3) is 0. The van der Waals surface area contributed by atoms with Crippen LogP contribution < -0.4 is 13.2 Å².